The summed E-state index contributed by atoms with van der Waals surface area (Å²) in [5, 5.41) is 26.1. The topological polar surface area (TPSA) is 279 Å². The predicted molar refractivity (Wildman–Crippen MR) is 243 cm³/mol. The van der Waals surface area contributed by atoms with Gasteiger partial charge in [0.1, 0.15) is 42.9 Å². The minimum absolute atomic E-state index is 0.214. The molecule has 2 fully saturated rings. The molecule has 364 valence electrons. The van der Waals surface area contributed by atoms with E-state index >= 15 is 0 Å². The van der Waals surface area contributed by atoms with Crippen LogP contribution in [0.15, 0.2) is 104 Å². The number of phosphoric acid groups is 1. The second-order valence-electron chi connectivity index (χ2n) is 16.2. The number of carbonyl (C=O) groups excluding carboxylic acids is 3. The lowest BCUT2D eigenvalue weighted by molar-refractivity contribution is -0.270. The number of hydrogen-bond acceptors (Lipinski definition) is 19. The molecule has 0 amide bonds. The van der Waals surface area contributed by atoms with E-state index in [1.54, 1.807) is 13.8 Å². The summed E-state index contributed by atoms with van der Waals surface area (Å²) in [5.41, 5.74) is 2.22. The van der Waals surface area contributed by atoms with Gasteiger partial charge in [0.05, 0.1) is 12.9 Å². The fraction of sp³-hybridized carbons (Fsp3) is 0.409. The lowest BCUT2D eigenvalue weighted by Gasteiger charge is -2.45. The van der Waals surface area contributed by atoms with Gasteiger partial charge in [0.2, 0.25) is 6.29 Å². The van der Waals surface area contributed by atoms with Gasteiger partial charge < -0.3 is 53.5 Å². The summed E-state index contributed by atoms with van der Waals surface area (Å²) in [6.45, 7) is 0.638. The molecule has 0 saturated carbocycles. The van der Waals surface area contributed by atoms with Crippen LogP contribution in [0.1, 0.15) is 57.5 Å². The Balaban J connectivity index is 1.07. The summed E-state index contributed by atoms with van der Waals surface area (Å²) >= 11 is 5.05. The molecule has 21 nitrogen and oxygen atoms in total. The Bertz CT molecular complexity index is 2560. The SMILES string of the molecule is CC(=O)OC[C@@H](OC(C)=O)C1O[C@@H](OP(=O)(O)OP(O)(=S)OC[C@H]2O[C@@H](n3cnc4c(NC(c5ccccc5)(c5ccccc5)c5ccccc5)ncnc43)[C@@H](O)C2O)C(OC(C)=O)[C@@H](C)[C@@H]1C. The molecule has 2 saturated heterocycles. The summed E-state index contributed by atoms with van der Waals surface area (Å²) in [6, 6.07) is 29.4. The highest BCUT2D eigenvalue weighted by Gasteiger charge is 2.52. The van der Waals surface area contributed by atoms with Gasteiger partial charge in [-0.15, -0.1) is 0 Å². The minimum atomic E-state index is -5.50. The number of anilines is 1. The fourth-order valence-electron chi connectivity index (χ4n) is 8.33. The number of fused-ring (bicyclic) bond motifs is 1. The van der Waals surface area contributed by atoms with E-state index in [-0.39, 0.29) is 5.65 Å². The first-order chi connectivity index (χ1) is 32.3. The van der Waals surface area contributed by atoms with Crippen molar-refractivity contribution in [2.75, 3.05) is 18.5 Å². The van der Waals surface area contributed by atoms with Gasteiger partial charge in [0.15, 0.2) is 35.4 Å². The van der Waals surface area contributed by atoms with Crippen LogP contribution in [-0.4, -0.2) is 114 Å². The van der Waals surface area contributed by atoms with Gasteiger partial charge in [-0.3, -0.25) is 23.5 Å². The Kier molecular flexibility index (Phi) is 15.9. The van der Waals surface area contributed by atoms with Crippen LogP contribution in [0.25, 0.3) is 11.2 Å². The van der Waals surface area contributed by atoms with Gasteiger partial charge in [-0.05, 0) is 34.4 Å². The maximum absolute atomic E-state index is 13.5. The highest BCUT2D eigenvalue weighted by atomic mass is 32.5. The normalized spacial score (nSPS) is 26.2. The number of ether oxygens (including phenoxy) is 5. The summed E-state index contributed by atoms with van der Waals surface area (Å²) in [5.74, 6) is -3.20. The lowest BCUT2D eigenvalue weighted by Crippen LogP contribution is -2.56. The maximum Gasteiger partial charge on any atom is 0.481 e. The molecule has 0 spiro atoms. The zero-order chi connectivity index (χ0) is 49.0. The number of aliphatic hydroxyl groups excluding tert-OH is 2. The first-order valence-corrected chi connectivity index (χ1v) is 25.4. The van der Waals surface area contributed by atoms with Gasteiger partial charge in [-0.25, -0.2) is 23.8 Å². The third kappa shape index (κ3) is 11.3. The molecule has 0 aliphatic carbocycles. The average molecular weight is 1000 g/mol. The van der Waals surface area contributed by atoms with Crippen LogP contribution < -0.4 is 5.32 Å². The van der Waals surface area contributed by atoms with Crippen LogP contribution in [0, 0.1) is 11.8 Å². The zero-order valence-corrected chi connectivity index (χ0v) is 39.9. The van der Waals surface area contributed by atoms with E-state index in [4.69, 9.17) is 48.8 Å². The van der Waals surface area contributed by atoms with Gasteiger partial charge >= 0.3 is 32.4 Å². The smallest absolute Gasteiger partial charge is 0.462 e. The molecule has 2 aliphatic heterocycles. The minimum Gasteiger partial charge on any atom is -0.462 e. The van der Waals surface area contributed by atoms with Crippen LogP contribution >= 0.6 is 14.5 Å². The number of esters is 3. The van der Waals surface area contributed by atoms with Crippen LogP contribution in [0.4, 0.5) is 5.82 Å². The average Bonchev–Trinajstić information content (AvgIpc) is 3.86. The van der Waals surface area contributed by atoms with Gasteiger partial charge in [0.25, 0.3) is 0 Å². The summed E-state index contributed by atoms with van der Waals surface area (Å²) in [4.78, 5) is 71.3. The predicted octanol–water partition coefficient (Wildman–Crippen LogP) is 4.64. The van der Waals surface area contributed by atoms with Gasteiger partial charge in [0, 0.05) is 26.7 Å². The van der Waals surface area contributed by atoms with Crippen molar-refractivity contribution in [1.82, 2.24) is 19.5 Å². The Morgan fingerprint density at radius 2 is 1.41 bits per heavy atom. The van der Waals surface area contributed by atoms with Crippen molar-refractivity contribution in [1.29, 1.82) is 0 Å². The van der Waals surface area contributed by atoms with Crippen molar-refractivity contribution in [3.05, 3.63) is 120 Å². The van der Waals surface area contributed by atoms with E-state index in [1.165, 1.54) is 17.2 Å². The molecule has 5 N–H and O–H groups in total. The largest absolute Gasteiger partial charge is 0.481 e. The number of phosphoric ester groups is 1. The van der Waals surface area contributed by atoms with Crippen LogP contribution in [0.3, 0.4) is 0 Å². The van der Waals surface area contributed by atoms with Gasteiger partial charge in [-0.1, -0.05) is 105 Å². The van der Waals surface area contributed by atoms with Crippen LogP contribution in [0.2, 0.25) is 0 Å². The van der Waals surface area contributed by atoms with Crippen LogP contribution in [0.5, 0.6) is 0 Å². The number of aliphatic hydroxyl groups is 2. The standard InChI is InChI=1S/C44H51N5O16P2S/c1-25-26(2)39(61-29(5)52)43(63-38(25)34(60-28(4)51)21-58-27(3)50)64-66(55,56)65-67(57,68)59-22-33-36(53)37(54)42(62-33)49-24-47-35-40(45-23-46-41(35)49)48-44(30-15-9-6-10-16-30,31-17-11-7-12-18-31)32-19-13-8-14-20-32/h6-20,23-26,33-34,36-39,42-43,53-54H,21-22H2,1-5H3,(H,55,56)(H,57,68)(H,45,46,48)/t25-,26-,33+,34+,36?,37-,38?,39?,42+,43-,67?/m0/s1. The molecule has 24 heteroatoms. The van der Waals surface area contributed by atoms with Crippen molar-refractivity contribution in [3.8, 4) is 0 Å². The molecular weight excluding hydrogens is 949 g/mol. The maximum atomic E-state index is 13.5. The number of carbonyl (C=O) groups is 3. The molecule has 68 heavy (non-hydrogen) atoms. The molecule has 0 bridgehead atoms. The van der Waals surface area contributed by atoms with Crippen molar-refractivity contribution in [2.45, 2.75) is 89.3 Å². The van der Waals surface area contributed by atoms with E-state index in [9.17, 15) is 38.9 Å². The number of rotatable bonds is 18. The Morgan fingerprint density at radius 1 is 0.824 bits per heavy atom. The van der Waals surface area contributed by atoms with Crippen molar-refractivity contribution < 1.29 is 76.0 Å². The molecule has 4 heterocycles. The van der Waals surface area contributed by atoms with Crippen molar-refractivity contribution >= 4 is 61.2 Å². The second kappa shape index (κ2) is 21.3. The molecule has 7 rings (SSSR count). The summed E-state index contributed by atoms with van der Waals surface area (Å²) < 4.78 is 58.3. The highest BCUT2D eigenvalue weighted by Crippen LogP contribution is 2.62. The molecule has 3 aromatic carbocycles. The monoisotopic (exact) mass is 999 g/mol. The Hall–Kier alpha value is -5.06. The van der Waals surface area contributed by atoms with E-state index in [1.807, 2.05) is 91.0 Å². The molecule has 0 radical (unpaired) electrons. The highest BCUT2D eigenvalue weighted by molar-refractivity contribution is 8.08. The number of hydrogen-bond donors (Lipinski definition) is 5. The molecule has 2 aliphatic rings. The molecule has 5 unspecified atom stereocenters. The quantitative estimate of drug-likeness (QED) is 0.0346. The lowest BCUT2D eigenvalue weighted by atomic mass is 9.77. The van der Waals surface area contributed by atoms with Crippen molar-refractivity contribution in [2.24, 2.45) is 11.8 Å². The molecular formula is C44H51N5O16P2S. The summed E-state index contributed by atoms with van der Waals surface area (Å²) in [7, 11) is -5.50. The second-order valence-corrected chi connectivity index (χ2v) is 20.6. The van der Waals surface area contributed by atoms with E-state index in [0.29, 0.717) is 11.3 Å². The third-order valence-electron chi connectivity index (χ3n) is 11.6. The molecule has 5 aromatic rings. The third-order valence-corrected chi connectivity index (χ3v) is 15.1. The number of nitrogens with zero attached hydrogens (tertiary/aromatic N) is 4. The van der Waals surface area contributed by atoms with Crippen LogP contribution in [-0.2, 0) is 73.3 Å². The first-order valence-electron chi connectivity index (χ1n) is 21.3. The summed E-state index contributed by atoms with van der Waals surface area (Å²) in [6.07, 6.45) is -8.95. The molecule has 2 aromatic heterocycles. The fourth-order valence-corrected chi connectivity index (χ4v) is 11.4. The van der Waals surface area contributed by atoms with E-state index in [0.717, 1.165) is 37.5 Å². The van der Waals surface area contributed by atoms with Gasteiger partial charge in [-0.2, -0.15) is 0 Å². The number of benzene rings is 3. The first kappa shape index (κ1) is 50.8. The Morgan fingerprint density at radius 3 is 1.96 bits per heavy atom. The number of aromatic nitrogens is 4. The zero-order valence-electron chi connectivity index (χ0n) is 37.3. The van der Waals surface area contributed by atoms with E-state index < -0.39 is 112 Å². The number of imidazole rings is 1. The number of nitrogens with one attached hydrogen (secondary N) is 1. The Labute approximate surface area is 395 Å². The molecule has 12 atom stereocenters. The van der Waals surface area contributed by atoms with Crippen molar-refractivity contribution in [3.63, 3.8) is 0 Å². The van der Waals surface area contributed by atoms with E-state index in [2.05, 4.69) is 20.3 Å².